The first-order valence-electron chi connectivity index (χ1n) is 6.41. The summed E-state index contributed by atoms with van der Waals surface area (Å²) in [6.07, 6.45) is 3.53. The second kappa shape index (κ2) is 4.78. The summed E-state index contributed by atoms with van der Waals surface area (Å²) in [5.41, 5.74) is 3.80. The zero-order valence-corrected chi connectivity index (χ0v) is 11.4. The van der Waals surface area contributed by atoms with Gasteiger partial charge in [0.1, 0.15) is 0 Å². The van der Waals surface area contributed by atoms with Crippen LogP contribution in [0.1, 0.15) is 39.5 Å². The van der Waals surface area contributed by atoms with Crippen molar-refractivity contribution in [2.75, 3.05) is 0 Å². The second-order valence-corrected chi connectivity index (χ2v) is 5.37. The third-order valence-electron chi connectivity index (χ3n) is 3.73. The van der Waals surface area contributed by atoms with Gasteiger partial charge in [0.25, 0.3) is 0 Å². The van der Waals surface area contributed by atoms with E-state index in [0.29, 0.717) is 10.6 Å². The Balaban J connectivity index is 1.95. The third kappa shape index (κ3) is 2.17. The molecule has 0 bridgehead atoms. The summed E-state index contributed by atoms with van der Waals surface area (Å²) in [5.74, 6) is 0.00863. The molecule has 19 heavy (non-hydrogen) atoms. The fourth-order valence-corrected chi connectivity index (χ4v) is 2.80. The lowest BCUT2D eigenvalue weighted by atomic mass is 9.95. The number of aryl methyl sites for hydroxylation is 2. The van der Waals surface area contributed by atoms with Gasteiger partial charge in [-0.05, 0) is 43.0 Å². The maximum Gasteiger partial charge on any atom is 0.171 e. The van der Waals surface area contributed by atoms with Gasteiger partial charge in [-0.25, -0.2) is 0 Å². The lowest BCUT2D eigenvalue weighted by Crippen LogP contribution is -2.11. The monoisotopic (exact) mass is 271 g/mol. The number of fused-ring (bicyclic) bond motifs is 1. The zero-order valence-electron chi connectivity index (χ0n) is 10.7. The van der Waals surface area contributed by atoms with Crippen molar-refractivity contribution in [3.05, 3.63) is 63.9 Å². The van der Waals surface area contributed by atoms with Gasteiger partial charge >= 0.3 is 0 Å². The highest BCUT2D eigenvalue weighted by molar-refractivity contribution is 6.31. The number of pyridine rings is 1. The third-order valence-corrected chi connectivity index (χ3v) is 4.14. The quantitative estimate of drug-likeness (QED) is 0.774. The summed E-state index contributed by atoms with van der Waals surface area (Å²) < 4.78 is 0. The fraction of sp³-hybridized carbons (Fsp3) is 0.250. The fourth-order valence-electron chi connectivity index (χ4n) is 2.62. The molecule has 0 saturated heterocycles. The van der Waals surface area contributed by atoms with E-state index >= 15 is 0 Å². The average molecular weight is 272 g/mol. The molecule has 0 radical (unpaired) electrons. The number of hydrogen-bond donors (Lipinski definition) is 0. The normalized spacial score (nSPS) is 17.3. The number of carbonyl (C=O) groups is 1. The highest BCUT2D eigenvalue weighted by Crippen LogP contribution is 2.34. The smallest absolute Gasteiger partial charge is 0.171 e. The molecule has 0 spiro atoms. The topological polar surface area (TPSA) is 30.0 Å². The van der Waals surface area contributed by atoms with Crippen LogP contribution in [-0.2, 0) is 6.42 Å². The minimum Gasteiger partial charge on any atom is -0.293 e. The molecule has 0 amide bonds. The van der Waals surface area contributed by atoms with Gasteiger partial charge < -0.3 is 0 Å². The Bertz CT molecular complexity index is 651. The van der Waals surface area contributed by atoms with Crippen molar-refractivity contribution >= 4 is 17.4 Å². The number of carbonyl (C=O) groups excluding carboxylic acids is 1. The van der Waals surface area contributed by atoms with Gasteiger partial charge in [-0.1, -0.05) is 29.8 Å². The molecular formula is C16H14ClNO. The van der Waals surface area contributed by atoms with Crippen LogP contribution in [0.2, 0.25) is 5.02 Å². The number of rotatable bonds is 2. The van der Waals surface area contributed by atoms with Crippen molar-refractivity contribution in [3.8, 4) is 0 Å². The molecule has 1 aromatic heterocycles. The largest absolute Gasteiger partial charge is 0.293 e. The van der Waals surface area contributed by atoms with Crippen LogP contribution in [0.3, 0.4) is 0 Å². The van der Waals surface area contributed by atoms with Crippen molar-refractivity contribution in [2.24, 2.45) is 0 Å². The lowest BCUT2D eigenvalue weighted by Gasteiger charge is -2.10. The number of aromatic nitrogens is 1. The SMILES string of the molecule is Cc1ccc(C(=O)C2CCc3cccnc32)cc1Cl. The summed E-state index contributed by atoms with van der Waals surface area (Å²) in [6.45, 7) is 1.93. The summed E-state index contributed by atoms with van der Waals surface area (Å²) in [4.78, 5) is 16.9. The minimum absolute atomic E-state index is 0.116. The summed E-state index contributed by atoms with van der Waals surface area (Å²) in [5, 5.41) is 0.644. The predicted octanol–water partition coefficient (Wildman–Crippen LogP) is 3.96. The van der Waals surface area contributed by atoms with Gasteiger partial charge in [0.2, 0.25) is 0 Å². The molecule has 0 fully saturated rings. The van der Waals surface area contributed by atoms with Crippen LogP contribution in [0.15, 0.2) is 36.5 Å². The molecule has 3 rings (SSSR count). The maximum absolute atomic E-state index is 12.6. The number of nitrogens with zero attached hydrogens (tertiary/aromatic N) is 1. The predicted molar refractivity (Wildman–Crippen MR) is 75.8 cm³/mol. The van der Waals surface area contributed by atoms with Gasteiger partial charge in [0.15, 0.2) is 5.78 Å². The van der Waals surface area contributed by atoms with Crippen LogP contribution in [0, 0.1) is 6.92 Å². The molecule has 0 N–H and O–H groups in total. The van der Waals surface area contributed by atoms with E-state index in [9.17, 15) is 4.79 Å². The Labute approximate surface area is 117 Å². The average Bonchev–Trinajstić information content (AvgIpc) is 2.85. The Morgan fingerprint density at radius 2 is 2.21 bits per heavy atom. The molecule has 1 aliphatic rings. The van der Waals surface area contributed by atoms with E-state index in [0.717, 1.165) is 24.1 Å². The molecule has 0 aliphatic heterocycles. The van der Waals surface area contributed by atoms with Gasteiger partial charge in [-0.2, -0.15) is 0 Å². The van der Waals surface area contributed by atoms with E-state index in [2.05, 4.69) is 11.1 Å². The highest BCUT2D eigenvalue weighted by Gasteiger charge is 2.30. The molecule has 2 nitrogen and oxygen atoms in total. The molecule has 1 unspecified atom stereocenters. The molecule has 0 saturated carbocycles. The first kappa shape index (κ1) is 12.4. The van der Waals surface area contributed by atoms with Gasteiger partial charge in [0, 0.05) is 16.8 Å². The zero-order chi connectivity index (χ0) is 13.4. The van der Waals surface area contributed by atoms with E-state index in [-0.39, 0.29) is 11.7 Å². The molecule has 96 valence electrons. The van der Waals surface area contributed by atoms with Gasteiger partial charge in [0.05, 0.1) is 11.6 Å². The van der Waals surface area contributed by atoms with Crippen LogP contribution in [0.25, 0.3) is 0 Å². The number of hydrogen-bond acceptors (Lipinski definition) is 2. The molecule has 3 heteroatoms. The maximum atomic E-state index is 12.6. The van der Waals surface area contributed by atoms with Crippen molar-refractivity contribution in [2.45, 2.75) is 25.7 Å². The number of Topliss-reactive ketones (excluding diaryl/α,β-unsaturated/α-hetero) is 1. The lowest BCUT2D eigenvalue weighted by molar-refractivity contribution is 0.0958. The summed E-state index contributed by atoms with van der Waals surface area (Å²) >= 11 is 6.10. The Kier molecular flexibility index (Phi) is 3.11. The highest BCUT2D eigenvalue weighted by atomic mass is 35.5. The molecule has 2 aromatic rings. The van der Waals surface area contributed by atoms with Crippen LogP contribution in [-0.4, -0.2) is 10.8 Å². The van der Waals surface area contributed by atoms with Crippen LogP contribution in [0.5, 0.6) is 0 Å². The van der Waals surface area contributed by atoms with Crippen molar-refractivity contribution in [3.63, 3.8) is 0 Å². The van der Waals surface area contributed by atoms with Crippen molar-refractivity contribution in [1.82, 2.24) is 4.98 Å². The Morgan fingerprint density at radius 1 is 1.37 bits per heavy atom. The first-order valence-corrected chi connectivity index (χ1v) is 6.79. The van der Waals surface area contributed by atoms with E-state index < -0.39 is 0 Å². The minimum atomic E-state index is -0.116. The first-order chi connectivity index (χ1) is 9.16. The molecule has 1 aliphatic carbocycles. The standard InChI is InChI=1S/C16H14ClNO/c1-10-4-5-12(9-14(10)17)16(19)13-7-6-11-3-2-8-18-15(11)13/h2-5,8-9,13H,6-7H2,1H3. The second-order valence-electron chi connectivity index (χ2n) is 4.97. The van der Waals surface area contributed by atoms with Crippen LogP contribution in [0.4, 0.5) is 0 Å². The van der Waals surface area contributed by atoms with Gasteiger partial charge in [-0.3, -0.25) is 9.78 Å². The van der Waals surface area contributed by atoms with Gasteiger partial charge in [-0.15, -0.1) is 0 Å². The molecule has 1 aromatic carbocycles. The Morgan fingerprint density at radius 3 is 3.00 bits per heavy atom. The van der Waals surface area contributed by atoms with Crippen LogP contribution < -0.4 is 0 Å². The number of ketones is 1. The molecular weight excluding hydrogens is 258 g/mol. The Hall–Kier alpha value is -1.67. The van der Waals surface area contributed by atoms with Crippen molar-refractivity contribution < 1.29 is 4.79 Å². The summed E-state index contributed by atoms with van der Waals surface area (Å²) in [6, 6.07) is 9.49. The number of halogens is 1. The van der Waals surface area contributed by atoms with E-state index in [4.69, 9.17) is 11.6 Å². The van der Waals surface area contributed by atoms with Crippen molar-refractivity contribution in [1.29, 1.82) is 0 Å². The summed E-state index contributed by atoms with van der Waals surface area (Å²) in [7, 11) is 0. The van der Waals surface area contributed by atoms with E-state index in [1.165, 1.54) is 5.56 Å². The number of benzene rings is 1. The van der Waals surface area contributed by atoms with Crippen LogP contribution >= 0.6 is 11.6 Å². The van der Waals surface area contributed by atoms with E-state index in [1.807, 2.05) is 25.1 Å². The van der Waals surface area contributed by atoms with E-state index in [1.54, 1.807) is 12.3 Å². The molecule has 1 atom stereocenters. The molecule has 1 heterocycles.